The minimum absolute atomic E-state index is 0.239. The summed E-state index contributed by atoms with van der Waals surface area (Å²) in [5, 5.41) is 3.70. The molecule has 4 heteroatoms. The first-order chi connectivity index (χ1) is 9.14. The van der Waals surface area contributed by atoms with Gasteiger partial charge in [0.1, 0.15) is 0 Å². The van der Waals surface area contributed by atoms with Crippen LogP contribution < -0.4 is 14.8 Å². The zero-order chi connectivity index (χ0) is 13.9. The van der Waals surface area contributed by atoms with E-state index >= 15 is 0 Å². The second kappa shape index (κ2) is 6.14. The molecule has 0 aliphatic carbocycles. The first-order valence-electron chi connectivity index (χ1n) is 6.97. The highest BCUT2D eigenvalue weighted by Crippen LogP contribution is 2.40. The van der Waals surface area contributed by atoms with Crippen LogP contribution in [0, 0.1) is 0 Å². The van der Waals surface area contributed by atoms with E-state index < -0.39 is 0 Å². The summed E-state index contributed by atoms with van der Waals surface area (Å²) in [6, 6.07) is 4.16. The third-order valence-electron chi connectivity index (χ3n) is 4.18. The van der Waals surface area contributed by atoms with Crippen molar-refractivity contribution < 1.29 is 9.47 Å². The molecule has 3 nitrogen and oxygen atoms in total. The van der Waals surface area contributed by atoms with Gasteiger partial charge in [-0.3, -0.25) is 0 Å². The van der Waals surface area contributed by atoms with E-state index in [1.165, 1.54) is 5.56 Å². The minimum Gasteiger partial charge on any atom is -0.454 e. The molecule has 1 aromatic rings. The second-order valence-corrected chi connectivity index (χ2v) is 5.86. The maximum Gasteiger partial charge on any atom is 0.231 e. The van der Waals surface area contributed by atoms with Crippen LogP contribution in [-0.2, 0) is 6.54 Å². The van der Waals surface area contributed by atoms with Crippen LogP contribution in [0.25, 0.3) is 0 Å². The SMILES string of the molecule is CCC(CC)(CC)NCc1cc(Br)c2c(c1)OCO2. The zero-order valence-electron chi connectivity index (χ0n) is 11.9. The fourth-order valence-corrected chi connectivity index (χ4v) is 3.14. The van der Waals surface area contributed by atoms with Crippen LogP contribution in [0.1, 0.15) is 45.6 Å². The Bertz CT molecular complexity index is 436. The molecule has 0 saturated carbocycles. The summed E-state index contributed by atoms with van der Waals surface area (Å²) >= 11 is 3.54. The van der Waals surface area contributed by atoms with Crippen LogP contribution in [-0.4, -0.2) is 12.3 Å². The zero-order valence-corrected chi connectivity index (χ0v) is 13.5. The van der Waals surface area contributed by atoms with Crippen molar-refractivity contribution in [3.05, 3.63) is 22.2 Å². The molecule has 0 saturated heterocycles. The van der Waals surface area contributed by atoms with Crippen molar-refractivity contribution in [2.45, 2.75) is 52.1 Å². The summed E-state index contributed by atoms with van der Waals surface area (Å²) in [4.78, 5) is 0. The van der Waals surface area contributed by atoms with E-state index in [4.69, 9.17) is 9.47 Å². The van der Waals surface area contributed by atoms with Crippen LogP contribution in [0.5, 0.6) is 11.5 Å². The number of benzene rings is 1. The molecular weight excluding hydrogens is 306 g/mol. The lowest BCUT2D eigenvalue weighted by atomic mass is 9.89. The smallest absolute Gasteiger partial charge is 0.231 e. The standard InChI is InChI=1S/C15H22BrNO2/c1-4-15(5-2,6-3)17-9-11-7-12(16)14-13(8-11)18-10-19-14/h7-8,17H,4-6,9-10H2,1-3H3. The van der Waals surface area contributed by atoms with Crippen molar-refractivity contribution in [1.82, 2.24) is 5.32 Å². The molecule has 1 aromatic carbocycles. The lowest BCUT2D eigenvalue weighted by Gasteiger charge is -2.32. The monoisotopic (exact) mass is 327 g/mol. The van der Waals surface area contributed by atoms with Gasteiger partial charge in [-0.15, -0.1) is 0 Å². The van der Waals surface area contributed by atoms with Gasteiger partial charge in [-0.05, 0) is 52.9 Å². The van der Waals surface area contributed by atoms with Gasteiger partial charge in [-0.2, -0.15) is 0 Å². The normalized spacial score (nSPS) is 13.9. The van der Waals surface area contributed by atoms with Crippen molar-refractivity contribution >= 4 is 15.9 Å². The molecule has 0 fully saturated rings. The van der Waals surface area contributed by atoms with E-state index in [0.29, 0.717) is 6.79 Å². The topological polar surface area (TPSA) is 30.5 Å². The number of hydrogen-bond acceptors (Lipinski definition) is 3. The first kappa shape index (κ1) is 14.7. The van der Waals surface area contributed by atoms with Gasteiger partial charge < -0.3 is 14.8 Å². The predicted octanol–water partition coefficient (Wildman–Crippen LogP) is 4.24. The molecule has 0 amide bonds. The summed E-state index contributed by atoms with van der Waals surface area (Å²) in [5.74, 6) is 1.65. The number of hydrogen-bond donors (Lipinski definition) is 1. The molecular formula is C15H22BrNO2. The van der Waals surface area contributed by atoms with Crippen molar-refractivity contribution in [1.29, 1.82) is 0 Å². The molecule has 1 aliphatic heterocycles. The first-order valence-corrected chi connectivity index (χ1v) is 7.76. The Kier molecular flexibility index (Phi) is 4.74. The van der Waals surface area contributed by atoms with Gasteiger partial charge in [-0.25, -0.2) is 0 Å². The second-order valence-electron chi connectivity index (χ2n) is 5.01. The van der Waals surface area contributed by atoms with Gasteiger partial charge in [0.25, 0.3) is 0 Å². The Labute approximate surface area is 123 Å². The van der Waals surface area contributed by atoms with Crippen molar-refractivity contribution in [2.24, 2.45) is 0 Å². The molecule has 0 unspecified atom stereocenters. The Balaban J connectivity index is 2.10. The number of nitrogens with one attached hydrogen (secondary N) is 1. The molecule has 1 aliphatic rings. The molecule has 19 heavy (non-hydrogen) atoms. The average Bonchev–Trinajstić information content (AvgIpc) is 2.90. The highest BCUT2D eigenvalue weighted by atomic mass is 79.9. The van der Waals surface area contributed by atoms with Crippen molar-refractivity contribution in [2.75, 3.05) is 6.79 Å². The molecule has 0 atom stereocenters. The highest BCUT2D eigenvalue weighted by Gasteiger charge is 2.23. The van der Waals surface area contributed by atoms with E-state index in [0.717, 1.165) is 41.8 Å². The summed E-state index contributed by atoms with van der Waals surface area (Å²) in [6.07, 6.45) is 3.43. The molecule has 0 spiro atoms. The van der Waals surface area contributed by atoms with Gasteiger partial charge in [0.05, 0.1) is 4.47 Å². The number of ether oxygens (including phenoxy) is 2. The quantitative estimate of drug-likeness (QED) is 0.847. The van der Waals surface area contributed by atoms with E-state index in [-0.39, 0.29) is 5.54 Å². The number of rotatable bonds is 6. The van der Waals surface area contributed by atoms with Crippen LogP contribution in [0.15, 0.2) is 16.6 Å². The predicted molar refractivity (Wildman–Crippen MR) is 80.7 cm³/mol. The minimum atomic E-state index is 0.239. The maximum absolute atomic E-state index is 5.45. The average molecular weight is 328 g/mol. The van der Waals surface area contributed by atoms with E-state index in [1.807, 2.05) is 0 Å². The van der Waals surface area contributed by atoms with Gasteiger partial charge >= 0.3 is 0 Å². The maximum atomic E-state index is 5.45. The Morgan fingerprint density at radius 2 is 1.84 bits per heavy atom. The van der Waals surface area contributed by atoms with Crippen molar-refractivity contribution in [3.8, 4) is 11.5 Å². The fraction of sp³-hybridized carbons (Fsp3) is 0.600. The van der Waals surface area contributed by atoms with Gasteiger partial charge in [-0.1, -0.05) is 20.8 Å². The summed E-state index contributed by atoms with van der Waals surface area (Å²) in [6.45, 7) is 7.90. The molecule has 1 N–H and O–H groups in total. The van der Waals surface area contributed by atoms with Crippen LogP contribution in [0.2, 0.25) is 0 Å². The van der Waals surface area contributed by atoms with E-state index in [2.05, 4.69) is 54.2 Å². The molecule has 0 radical (unpaired) electrons. The van der Waals surface area contributed by atoms with E-state index in [9.17, 15) is 0 Å². The molecule has 106 valence electrons. The lowest BCUT2D eigenvalue weighted by molar-refractivity contribution is 0.173. The number of fused-ring (bicyclic) bond motifs is 1. The third-order valence-corrected chi connectivity index (χ3v) is 4.77. The Morgan fingerprint density at radius 1 is 1.16 bits per heavy atom. The van der Waals surface area contributed by atoms with Crippen LogP contribution >= 0.6 is 15.9 Å². The molecule has 2 rings (SSSR count). The van der Waals surface area contributed by atoms with Crippen molar-refractivity contribution in [3.63, 3.8) is 0 Å². The highest BCUT2D eigenvalue weighted by molar-refractivity contribution is 9.10. The van der Waals surface area contributed by atoms with Gasteiger partial charge in [0.15, 0.2) is 11.5 Å². The molecule has 0 aromatic heterocycles. The summed E-state index contributed by atoms with van der Waals surface area (Å²) in [5.41, 5.74) is 1.46. The Morgan fingerprint density at radius 3 is 2.47 bits per heavy atom. The summed E-state index contributed by atoms with van der Waals surface area (Å²) in [7, 11) is 0. The summed E-state index contributed by atoms with van der Waals surface area (Å²) < 4.78 is 11.8. The number of halogens is 1. The van der Waals surface area contributed by atoms with Crippen LogP contribution in [0.3, 0.4) is 0 Å². The van der Waals surface area contributed by atoms with E-state index in [1.54, 1.807) is 0 Å². The molecule has 0 bridgehead atoms. The van der Waals surface area contributed by atoms with Crippen LogP contribution in [0.4, 0.5) is 0 Å². The largest absolute Gasteiger partial charge is 0.454 e. The Hall–Kier alpha value is -0.740. The third kappa shape index (κ3) is 3.06. The van der Waals surface area contributed by atoms with Gasteiger partial charge in [0.2, 0.25) is 6.79 Å². The fourth-order valence-electron chi connectivity index (χ4n) is 2.54. The van der Waals surface area contributed by atoms with Gasteiger partial charge in [0, 0.05) is 12.1 Å². The molecule has 1 heterocycles. The lowest BCUT2D eigenvalue weighted by Crippen LogP contribution is -2.43.